The molecule has 0 bridgehead atoms. The number of rotatable bonds is 2. The standard InChI is InChI=1S/C7H5F3IN/c8-3-4-1-2-5(11)12-6(4)7(9)10/h1-2,7H,3H2. The molecule has 1 aromatic rings. The Bertz CT molecular complexity index is 277. The maximum Gasteiger partial charge on any atom is 0.280 e. The lowest BCUT2D eigenvalue weighted by Crippen LogP contribution is -1.98. The van der Waals surface area contributed by atoms with E-state index in [9.17, 15) is 13.2 Å². The van der Waals surface area contributed by atoms with Gasteiger partial charge in [-0.1, -0.05) is 6.07 Å². The molecule has 0 amide bonds. The van der Waals surface area contributed by atoms with Gasteiger partial charge in [-0.2, -0.15) is 0 Å². The molecule has 0 aliphatic heterocycles. The van der Waals surface area contributed by atoms with Gasteiger partial charge in [0.15, 0.2) is 0 Å². The molecule has 0 fully saturated rings. The van der Waals surface area contributed by atoms with E-state index in [1.807, 2.05) is 0 Å². The molecule has 12 heavy (non-hydrogen) atoms. The van der Waals surface area contributed by atoms with Gasteiger partial charge >= 0.3 is 0 Å². The van der Waals surface area contributed by atoms with Gasteiger partial charge in [-0.3, -0.25) is 0 Å². The van der Waals surface area contributed by atoms with E-state index in [1.54, 1.807) is 22.6 Å². The minimum absolute atomic E-state index is 0.0367. The average molecular weight is 287 g/mol. The van der Waals surface area contributed by atoms with Crippen LogP contribution in [0.2, 0.25) is 0 Å². The van der Waals surface area contributed by atoms with Gasteiger partial charge in [-0.15, -0.1) is 0 Å². The molecule has 0 aromatic carbocycles. The normalized spacial score (nSPS) is 10.8. The molecule has 1 rings (SSSR count). The topological polar surface area (TPSA) is 12.9 Å². The Balaban J connectivity index is 3.12. The fourth-order valence-corrected chi connectivity index (χ4v) is 1.22. The van der Waals surface area contributed by atoms with Crippen LogP contribution in [-0.4, -0.2) is 4.98 Å². The lowest BCUT2D eigenvalue weighted by Gasteiger charge is -2.03. The molecular formula is C7H5F3IN. The molecule has 0 N–H and O–H groups in total. The van der Waals surface area contributed by atoms with Crippen LogP contribution in [-0.2, 0) is 6.67 Å². The molecule has 5 heteroatoms. The second-order valence-electron chi connectivity index (χ2n) is 2.11. The van der Waals surface area contributed by atoms with Crippen molar-refractivity contribution in [2.45, 2.75) is 13.1 Å². The van der Waals surface area contributed by atoms with Crippen LogP contribution in [0.4, 0.5) is 13.2 Å². The summed E-state index contributed by atoms with van der Waals surface area (Å²) in [5.41, 5.74) is -0.491. The Morgan fingerprint density at radius 1 is 1.42 bits per heavy atom. The summed E-state index contributed by atoms with van der Waals surface area (Å²) in [4.78, 5) is 3.54. The van der Waals surface area contributed by atoms with Crippen LogP contribution in [0.15, 0.2) is 12.1 Å². The second-order valence-corrected chi connectivity index (χ2v) is 3.22. The van der Waals surface area contributed by atoms with Crippen LogP contribution in [0, 0.1) is 3.70 Å². The Kier molecular flexibility index (Phi) is 3.30. The van der Waals surface area contributed by atoms with Gasteiger partial charge in [0, 0.05) is 5.56 Å². The average Bonchev–Trinajstić information content (AvgIpc) is 2.04. The minimum atomic E-state index is -2.70. The highest BCUT2D eigenvalue weighted by atomic mass is 127. The van der Waals surface area contributed by atoms with E-state index < -0.39 is 18.8 Å². The third kappa shape index (κ3) is 2.09. The van der Waals surface area contributed by atoms with E-state index >= 15 is 0 Å². The quantitative estimate of drug-likeness (QED) is 0.601. The molecule has 66 valence electrons. The summed E-state index contributed by atoms with van der Waals surface area (Å²) in [5.74, 6) is 0. The fraction of sp³-hybridized carbons (Fsp3) is 0.286. The van der Waals surface area contributed by atoms with Crippen molar-refractivity contribution >= 4 is 22.6 Å². The van der Waals surface area contributed by atoms with Crippen LogP contribution >= 0.6 is 22.6 Å². The van der Waals surface area contributed by atoms with Crippen LogP contribution in [0.1, 0.15) is 17.7 Å². The fourth-order valence-electron chi connectivity index (χ4n) is 0.781. The van der Waals surface area contributed by atoms with Gasteiger partial charge in [0.2, 0.25) is 0 Å². The summed E-state index contributed by atoms with van der Waals surface area (Å²) >= 11 is 1.80. The Labute approximate surface area is 81.1 Å². The Hall–Kier alpha value is -0.330. The zero-order chi connectivity index (χ0) is 9.14. The SMILES string of the molecule is FCc1ccc(I)nc1C(F)F. The van der Waals surface area contributed by atoms with E-state index in [4.69, 9.17) is 0 Å². The van der Waals surface area contributed by atoms with E-state index in [1.165, 1.54) is 12.1 Å². The molecule has 1 nitrogen and oxygen atoms in total. The predicted octanol–water partition coefficient (Wildman–Crippen LogP) is 3.09. The number of halogens is 4. The molecule has 0 spiro atoms. The summed E-state index contributed by atoms with van der Waals surface area (Å²) in [5, 5.41) is 0. The molecule has 0 radical (unpaired) electrons. The molecule has 0 aliphatic rings. The summed E-state index contributed by atoms with van der Waals surface area (Å²) in [6.07, 6.45) is -2.70. The number of aromatic nitrogens is 1. The zero-order valence-corrected chi connectivity index (χ0v) is 8.06. The molecule has 0 saturated carbocycles. The highest BCUT2D eigenvalue weighted by Gasteiger charge is 2.14. The number of alkyl halides is 3. The predicted molar refractivity (Wildman–Crippen MR) is 46.7 cm³/mol. The van der Waals surface area contributed by atoms with Crippen molar-refractivity contribution in [1.82, 2.24) is 4.98 Å². The van der Waals surface area contributed by atoms with Crippen molar-refractivity contribution in [3.05, 3.63) is 27.1 Å². The first-order valence-electron chi connectivity index (χ1n) is 3.14. The van der Waals surface area contributed by atoms with Gasteiger partial charge in [0.1, 0.15) is 16.1 Å². The monoisotopic (exact) mass is 287 g/mol. The van der Waals surface area contributed by atoms with Crippen molar-refractivity contribution in [3.63, 3.8) is 0 Å². The highest BCUT2D eigenvalue weighted by molar-refractivity contribution is 14.1. The Morgan fingerprint density at radius 2 is 2.08 bits per heavy atom. The second kappa shape index (κ2) is 4.06. The van der Waals surface area contributed by atoms with Gasteiger partial charge in [0.05, 0.1) is 0 Å². The van der Waals surface area contributed by atoms with Gasteiger partial charge in [-0.25, -0.2) is 18.2 Å². The third-order valence-electron chi connectivity index (χ3n) is 1.33. The van der Waals surface area contributed by atoms with Gasteiger partial charge < -0.3 is 0 Å². The van der Waals surface area contributed by atoms with E-state index in [2.05, 4.69) is 4.98 Å². The number of hydrogen-bond acceptors (Lipinski definition) is 1. The highest BCUT2D eigenvalue weighted by Crippen LogP contribution is 2.22. The largest absolute Gasteiger partial charge is 0.280 e. The maximum absolute atomic E-state index is 12.2. The maximum atomic E-state index is 12.2. The molecule has 1 aromatic heterocycles. The van der Waals surface area contributed by atoms with Crippen LogP contribution in [0.3, 0.4) is 0 Å². The van der Waals surface area contributed by atoms with Crippen molar-refractivity contribution in [3.8, 4) is 0 Å². The lowest BCUT2D eigenvalue weighted by atomic mass is 10.2. The first-order chi connectivity index (χ1) is 5.65. The summed E-state index contributed by atoms with van der Waals surface area (Å²) in [6, 6.07) is 2.83. The minimum Gasteiger partial charge on any atom is -0.246 e. The molecular weight excluding hydrogens is 282 g/mol. The van der Waals surface area contributed by atoms with Crippen LogP contribution in [0.25, 0.3) is 0 Å². The van der Waals surface area contributed by atoms with Crippen LogP contribution in [0.5, 0.6) is 0 Å². The summed E-state index contributed by atoms with van der Waals surface area (Å²) in [7, 11) is 0. The van der Waals surface area contributed by atoms with Crippen molar-refractivity contribution in [2.75, 3.05) is 0 Å². The van der Waals surface area contributed by atoms with Gasteiger partial charge in [0.25, 0.3) is 6.43 Å². The lowest BCUT2D eigenvalue weighted by molar-refractivity contribution is 0.143. The van der Waals surface area contributed by atoms with Crippen molar-refractivity contribution in [2.24, 2.45) is 0 Å². The number of nitrogens with zero attached hydrogens (tertiary/aromatic N) is 1. The first-order valence-corrected chi connectivity index (χ1v) is 4.22. The first kappa shape index (κ1) is 9.76. The van der Waals surface area contributed by atoms with Gasteiger partial charge in [-0.05, 0) is 28.7 Å². The number of hydrogen-bond donors (Lipinski definition) is 0. The van der Waals surface area contributed by atoms with E-state index in [0.717, 1.165) is 0 Å². The summed E-state index contributed by atoms with van der Waals surface area (Å²) < 4.78 is 36.9. The molecule has 0 saturated heterocycles. The van der Waals surface area contributed by atoms with Crippen molar-refractivity contribution in [1.29, 1.82) is 0 Å². The van der Waals surface area contributed by atoms with Crippen LogP contribution < -0.4 is 0 Å². The van der Waals surface area contributed by atoms with E-state index in [0.29, 0.717) is 3.70 Å². The van der Waals surface area contributed by atoms with E-state index in [-0.39, 0.29) is 5.56 Å². The smallest absolute Gasteiger partial charge is 0.246 e. The molecule has 0 unspecified atom stereocenters. The summed E-state index contributed by atoms with van der Waals surface area (Å²) in [6.45, 7) is -0.899. The molecule has 0 atom stereocenters. The number of pyridine rings is 1. The zero-order valence-electron chi connectivity index (χ0n) is 5.90. The van der Waals surface area contributed by atoms with Crippen molar-refractivity contribution < 1.29 is 13.2 Å². The molecule has 0 aliphatic carbocycles. The third-order valence-corrected chi connectivity index (χ3v) is 1.93. The molecule has 1 heterocycles. The Morgan fingerprint density at radius 3 is 2.58 bits per heavy atom.